The number of aromatic nitrogens is 3. The Balaban J connectivity index is 1.36. The van der Waals surface area contributed by atoms with Crippen molar-refractivity contribution >= 4 is 48.3 Å². The van der Waals surface area contributed by atoms with Crippen LogP contribution in [0, 0.1) is 5.92 Å². The molecule has 36 heavy (non-hydrogen) atoms. The van der Waals surface area contributed by atoms with Crippen molar-refractivity contribution in [3.63, 3.8) is 0 Å². The number of ether oxygens (including phenoxy) is 1. The summed E-state index contributed by atoms with van der Waals surface area (Å²) >= 11 is 1.69. The van der Waals surface area contributed by atoms with Gasteiger partial charge in [-0.25, -0.2) is 22.7 Å². The van der Waals surface area contributed by atoms with Crippen molar-refractivity contribution in [1.29, 1.82) is 0 Å². The van der Waals surface area contributed by atoms with Crippen LogP contribution in [-0.4, -0.2) is 79.4 Å². The standard InChI is InChI=1S/C25H30N6O3S2/c1-36(32,33)31-8-6-16(15-31)20(26)13-17-14-22-23(35-17)25(30-9-11-34-12-10-30)29-24(28-22)19-3-2-4-21-18(19)5-7-27-21/h2-5,7,14,16,20,27H,6,8-13,15,26H2,1H3. The van der Waals surface area contributed by atoms with Gasteiger partial charge in [-0.15, -0.1) is 11.3 Å². The lowest BCUT2D eigenvalue weighted by molar-refractivity contribution is 0.122. The zero-order chi connectivity index (χ0) is 24.9. The SMILES string of the molecule is CS(=O)(=O)N1CCC(C(N)Cc2cc3nc(-c4cccc5[nH]ccc45)nc(N4CCOCC4)c3s2)C1. The van der Waals surface area contributed by atoms with E-state index in [1.807, 2.05) is 12.3 Å². The third-order valence-electron chi connectivity index (χ3n) is 7.25. The molecular formula is C25H30N6O3S2. The molecule has 3 N–H and O–H groups in total. The molecule has 2 unspecified atom stereocenters. The van der Waals surface area contributed by atoms with E-state index in [2.05, 4.69) is 34.1 Å². The predicted molar refractivity (Wildman–Crippen MR) is 144 cm³/mol. The van der Waals surface area contributed by atoms with E-state index in [4.69, 9.17) is 20.4 Å². The van der Waals surface area contributed by atoms with Gasteiger partial charge in [0.25, 0.3) is 0 Å². The number of sulfonamides is 1. The summed E-state index contributed by atoms with van der Waals surface area (Å²) in [6.45, 7) is 3.97. The minimum atomic E-state index is -3.18. The van der Waals surface area contributed by atoms with Gasteiger partial charge in [0, 0.05) is 59.8 Å². The van der Waals surface area contributed by atoms with Gasteiger partial charge in [-0.2, -0.15) is 0 Å². The minimum Gasteiger partial charge on any atom is -0.378 e. The number of rotatable bonds is 6. The number of aromatic amines is 1. The third-order valence-corrected chi connectivity index (χ3v) is 9.66. The van der Waals surface area contributed by atoms with E-state index in [-0.39, 0.29) is 12.0 Å². The zero-order valence-corrected chi connectivity index (χ0v) is 21.8. The van der Waals surface area contributed by atoms with Crippen LogP contribution in [0.1, 0.15) is 11.3 Å². The van der Waals surface area contributed by atoms with Crippen molar-refractivity contribution in [3.05, 3.63) is 41.4 Å². The molecule has 4 aromatic rings. The maximum Gasteiger partial charge on any atom is 0.211 e. The molecule has 0 aliphatic carbocycles. The van der Waals surface area contributed by atoms with Gasteiger partial charge in [0.2, 0.25) is 10.0 Å². The van der Waals surface area contributed by atoms with E-state index >= 15 is 0 Å². The molecule has 2 saturated heterocycles. The van der Waals surface area contributed by atoms with Gasteiger partial charge in [-0.3, -0.25) is 0 Å². The molecule has 2 aliphatic rings. The number of hydrogen-bond acceptors (Lipinski definition) is 8. The molecule has 6 rings (SSSR count). The third kappa shape index (κ3) is 4.50. The Labute approximate surface area is 214 Å². The zero-order valence-electron chi connectivity index (χ0n) is 20.2. The van der Waals surface area contributed by atoms with Gasteiger partial charge in [-0.1, -0.05) is 12.1 Å². The van der Waals surface area contributed by atoms with Crippen molar-refractivity contribution in [3.8, 4) is 11.4 Å². The Morgan fingerprint density at radius 2 is 2.06 bits per heavy atom. The first-order valence-corrected chi connectivity index (χ1v) is 14.9. The lowest BCUT2D eigenvalue weighted by Gasteiger charge is -2.28. The fourth-order valence-corrected chi connectivity index (χ4v) is 7.34. The number of anilines is 1. The van der Waals surface area contributed by atoms with Gasteiger partial charge in [-0.05, 0) is 37.0 Å². The first-order chi connectivity index (χ1) is 17.4. The Kier molecular flexibility index (Phi) is 6.21. The highest BCUT2D eigenvalue weighted by atomic mass is 32.2. The maximum absolute atomic E-state index is 11.9. The van der Waals surface area contributed by atoms with Gasteiger partial charge >= 0.3 is 0 Å². The normalized spacial score (nSPS) is 20.5. The highest BCUT2D eigenvalue weighted by Crippen LogP contribution is 2.37. The smallest absolute Gasteiger partial charge is 0.211 e. The van der Waals surface area contributed by atoms with Gasteiger partial charge in [0.05, 0.1) is 29.7 Å². The average Bonchev–Trinajstić information content (AvgIpc) is 3.62. The van der Waals surface area contributed by atoms with Crippen LogP contribution in [0.2, 0.25) is 0 Å². The van der Waals surface area contributed by atoms with Crippen LogP contribution in [0.25, 0.3) is 32.5 Å². The number of nitrogens with one attached hydrogen (secondary N) is 1. The van der Waals surface area contributed by atoms with Crippen LogP contribution in [0.4, 0.5) is 5.82 Å². The van der Waals surface area contributed by atoms with Gasteiger partial charge in [0.1, 0.15) is 0 Å². The number of thiophene rings is 1. The van der Waals surface area contributed by atoms with Crippen LogP contribution in [0.5, 0.6) is 0 Å². The molecule has 0 amide bonds. The largest absolute Gasteiger partial charge is 0.378 e. The summed E-state index contributed by atoms with van der Waals surface area (Å²) in [6, 6.07) is 10.2. The monoisotopic (exact) mass is 526 g/mol. The fourth-order valence-electron chi connectivity index (χ4n) is 5.26. The molecule has 0 radical (unpaired) electrons. The van der Waals surface area contributed by atoms with E-state index < -0.39 is 10.0 Å². The van der Waals surface area contributed by atoms with Crippen LogP contribution in [0.3, 0.4) is 0 Å². The summed E-state index contributed by atoms with van der Waals surface area (Å²) in [7, 11) is -3.18. The fraction of sp³-hybridized carbons (Fsp3) is 0.440. The van der Waals surface area contributed by atoms with Crippen molar-refractivity contribution in [1.82, 2.24) is 19.3 Å². The van der Waals surface area contributed by atoms with Crippen molar-refractivity contribution in [2.75, 3.05) is 50.5 Å². The molecule has 5 heterocycles. The summed E-state index contributed by atoms with van der Waals surface area (Å²) in [5, 5.41) is 1.10. The average molecular weight is 527 g/mol. The molecule has 0 bridgehead atoms. The number of morpholine rings is 1. The van der Waals surface area contributed by atoms with Crippen LogP contribution in [-0.2, 0) is 21.2 Å². The predicted octanol–water partition coefficient (Wildman–Crippen LogP) is 2.83. The molecule has 2 atom stereocenters. The van der Waals surface area contributed by atoms with E-state index in [0.29, 0.717) is 38.5 Å². The Morgan fingerprint density at radius 1 is 1.22 bits per heavy atom. The summed E-state index contributed by atoms with van der Waals surface area (Å²) in [4.78, 5) is 16.8. The lowest BCUT2D eigenvalue weighted by atomic mass is 9.96. The van der Waals surface area contributed by atoms with Crippen molar-refractivity contribution in [2.45, 2.75) is 18.9 Å². The molecule has 1 aromatic carbocycles. The first-order valence-electron chi connectivity index (χ1n) is 12.3. The number of fused-ring (bicyclic) bond motifs is 2. The highest BCUT2D eigenvalue weighted by Gasteiger charge is 2.32. The number of nitrogens with zero attached hydrogens (tertiary/aromatic N) is 4. The second-order valence-corrected chi connectivity index (χ2v) is 12.8. The number of H-pyrrole nitrogens is 1. The maximum atomic E-state index is 11.9. The summed E-state index contributed by atoms with van der Waals surface area (Å²) in [6.07, 6.45) is 4.69. The van der Waals surface area contributed by atoms with E-state index in [9.17, 15) is 8.42 Å². The molecule has 2 fully saturated rings. The Morgan fingerprint density at radius 3 is 2.83 bits per heavy atom. The van der Waals surface area contributed by atoms with Crippen molar-refractivity contribution < 1.29 is 13.2 Å². The quantitative estimate of drug-likeness (QED) is 0.397. The summed E-state index contributed by atoms with van der Waals surface area (Å²) in [5.74, 6) is 1.80. The van der Waals surface area contributed by atoms with Gasteiger partial charge < -0.3 is 20.4 Å². The molecule has 2 aliphatic heterocycles. The molecule has 11 heteroatoms. The highest BCUT2D eigenvalue weighted by molar-refractivity contribution is 7.88. The second-order valence-electron chi connectivity index (χ2n) is 9.68. The number of nitrogens with two attached hydrogens (primary N) is 1. The minimum absolute atomic E-state index is 0.113. The molecule has 9 nitrogen and oxygen atoms in total. The first kappa shape index (κ1) is 23.8. The van der Waals surface area contributed by atoms with Crippen molar-refractivity contribution in [2.24, 2.45) is 11.7 Å². The van der Waals surface area contributed by atoms with Crippen LogP contribution >= 0.6 is 11.3 Å². The molecule has 3 aromatic heterocycles. The molecule has 0 spiro atoms. The summed E-state index contributed by atoms with van der Waals surface area (Å²) < 4.78 is 32.1. The number of hydrogen-bond donors (Lipinski definition) is 2. The van der Waals surface area contributed by atoms with E-state index in [1.165, 1.54) is 6.26 Å². The number of benzene rings is 1. The topological polar surface area (TPSA) is 117 Å². The lowest BCUT2D eigenvalue weighted by Crippen LogP contribution is -2.36. The van der Waals surface area contributed by atoms with E-state index in [1.54, 1.807) is 15.6 Å². The van der Waals surface area contributed by atoms with Crippen LogP contribution in [0.15, 0.2) is 36.5 Å². The molecule has 0 saturated carbocycles. The van der Waals surface area contributed by atoms with E-state index in [0.717, 1.165) is 56.9 Å². The Hall–Kier alpha value is -2.57. The van der Waals surface area contributed by atoms with Crippen LogP contribution < -0.4 is 10.6 Å². The Bertz CT molecular complexity index is 1510. The van der Waals surface area contributed by atoms with Gasteiger partial charge in [0.15, 0.2) is 11.6 Å². The molecular weight excluding hydrogens is 496 g/mol. The molecule has 190 valence electrons. The summed E-state index contributed by atoms with van der Waals surface area (Å²) in [5.41, 5.74) is 9.59. The second kappa shape index (κ2) is 9.38.